The Balaban J connectivity index is 3.03. The van der Waals surface area contributed by atoms with Crippen LogP contribution in [0, 0.1) is 0 Å². The fraction of sp³-hybridized carbons (Fsp3) is 1.00. The van der Waals surface area contributed by atoms with Gasteiger partial charge < -0.3 is 5.32 Å². The molecule has 1 unspecified atom stereocenters. The smallest absolute Gasteiger partial charge is 0.250 e. The highest BCUT2D eigenvalue weighted by Crippen LogP contribution is 1.98. The Bertz CT molecular complexity index is 80.1. The van der Waals surface area contributed by atoms with Crippen molar-refractivity contribution in [1.29, 1.82) is 0 Å². The Morgan fingerprint density at radius 1 is 1.40 bits per heavy atom. The summed E-state index contributed by atoms with van der Waals surface area (Å²) in [5.41, 5.74) is 0. The highest BCUT2D eigenvalue weighted by Gasteiger charge is 2.03. The van der Waals surface area contributed by atoms with E-state index in [0.29, 0.717) is 6.54 Å². The van der Waals surface area contributed by atoms with E-state index < -0.39 is 6.43 Å². The number of hydrogen-bond donors (Lipinski definition) is 1. The maximum atomic E-state index is 11.5. The first-order chi connectivity index (χ1) is 4.66. The molecular weight excluding hydrogens is 160 g/mol. The van der Waals surface area contributed by atoms with Crippen molar-refractivity contribution >= 4 is 11.6 Å². The molecule has 0 aliphatic rings. The van der Waals surface area contributed by atoms with Crippen molar-refractivity contribution in [3.8, 4) is 0 Å². The third-order valence-corrected chi connectivity index (χ3v) is 1.57. The van der Waals surface area contributed by atoms with Gasteiger partial charge in [0.2, 0.25) is 0 Å². The Morgan fingerprint density at radius 3 is 2.40 bits per heavy atom. The molecule has 0 aromatic carbocycles. The fourth-order valence-corrected chi connectivity index (χ4v) is 0.603. The lowest BCUT2D eigenvalue weighted by molar-refractivity contribution is 0.146. The maximum absolute atomic E-state index is 11.5. The lowest BCUT2D eigenvalue weighted by atomic mass is 10.3. The molecule has 0 spiro atoms. The molecule has 0 aliphatic heterocycles. The van der Waals surface area contributed by atoms with Crippen molar-refractivity contribution in [2.24, 2.45) is 0 Å². The minimum Gasteiger partial charge on any atom is -0.310 e. The molecular formula is C6H12ClF2N. The molecule has 0 fully saturated rings. The van der Waals surface area contributed by atoms with E-state index in [0.717, 1.165) is 6.42 Å². The SMILES string of the molecule is CCC(Cl)CNCC(F)F. The van der Waals surface area contributed by atoms with E-state index in [-0.39, 0.29) is 11.9 Å². The monoisotopic (exact) mass is 171 g/mol. The summed E-state index contributed by atoms with van der Waals surface area (Å²) in [6.07, 6.45) is -1.47. The first-order valence-corrected chi connectivity index (χ1v) is 3.73. The molecule has 0 aliphatic carbocycles. The van der Waals surface area contributed by atoms with E-state index in [4.69, 9.17) is 11.6 Å². The average Bonchev–Trinajstić information content (AvgIpc) is 1.87. The van der Waals surface area contributed by atoms with Crippen molar-refractivity contribution in [1.82, 2.24) is 5.32 Å². The predicted molar refractivity (Wildman–Crippen MR) is 38.8 cm³/mol. The number of rotatable bonds is 5. The zero-order chi connectivity index (χ0) is 7.98. The summed E-state index contributed by atoms with van der Waals surface area (Å²) in [6.45, 7) is 2.12. The van der Waals surface area contributed by atoms with Gasteiger partial charge in [0.05, 0.1) is 6.54 Å². The molecule has 10 heavy (non-hydrogen) atoms. The van der Waals surface area contributed by atoms with Crippen LogP contribution in [0.2, 0.25) is 0 Å². The topological polar surface area (TPSA) is 12.0 Å². The van der Waals surface area contributed by atoms with Crippen molar-refractivity contribution in [2.75, 3.05) is 13.1 Å². The standard InChI is InChI=1S/C6H12ClF2N/c1-2-5(7)3-10-4-6(8)9/h5-6,10H,2-4H2,1H3. The van der Waals surface area contributed by atoms with Crippen LogP contribution in [0.25, 0.3) is 0 Å². The molecule has 0 amide bonds. The first-order valence-electron chi connectivity index (χ1n) is 3.29. The molecule has 0 aromatic rings. The van der Waals surface area contributed by atoms with Crippen molar-refractivity contribution < 1.29 is 8.78 Å². The number of hydrogen-bond acceptors (Lipinski definition) is 1. The molecule has 1 N–H and O–H groups in total. The van der Waals surface area contributed by atoms with Crippen LogP contribution in [0.4, 0.5) is 8.78 Å². The van der Waals surface area contributed by atoms with Gasteiger partial charge in [0.25, 0.3) is 6.43 Å². The van der Waals surface area contributed by atoms with Gasteiger partial charge in [0.15, 0.2) is 0 Å². The van der Waals surface area contributed by atoms with E-state index in [1.165, 1.54) is 0 Å². The number of halogens is 3. The van der Waals surface area contributed by atoms with Crippen molar-refractivity contribution in [3.05, 3.63) is 0 Å². The van der Waals surface area contributed by atoms with E-state index in [9.17, 15) is 8.78 Å². The molecule has 62 valence electrons. The summed E-state index contributed by atoms with van der Waals surface area (Å²) in [5, 5.41) is 2.52. The van der Waals surface area contributed by atoms with Gasteiger partial charge in [-0.2, -0.15) is 0 Å². The second kappa shape index (κ2) is 5.86. The van der Waals surface area contributed by atoms with Gasteiger partial charge in [-0.1, -0.05) is 6.92 Å². The molecule has 0 heterocycles. The molecule has 0 radical (unpaired) electrons. The first kappa shape index (κ1) is 10.1. The minimum absolute atomic E-state index is 0.0289. The van der Waals surface area contributed by atoms with Gasteiger partial charge in [-0.15, -0.1) is 11.6 Å². The summed E-state index contributed by atoms with van der Waals surface area (Å²) >= 11 is 5.64. The van der Waals surface area contributed by atoms with Crippen molar-refractivity contribution in [3.63, 3.8) is 0 Å². The van der Waals surface area contributed by atoms with E-state index in [1.807, 2.05) is 6.92 Å². The summed E-state index contributed by atoms with van der Waals surface area (Å²) in [6, 6.07) is 0. The van der Waals surface area contributed by atoms with Crippen molar-refractivity contribution in [2.45, 2.75) is 25.1 Å². The second-order valence-corrected chi connectivity index (χ2v) is 2.67. The molecule has 4 heteroatoms. The summed E-state index contributed by atoms with van der Waals surface area (Å²) in [7, 11) is 0. The van der Waals surface area contributed by atoms with Crippen LogP contribution in [0.3, 0.4) is 0 Å². The minimum atomic E-state index is -2.28. The normalized spacial score (nSPS) is 14.1. The molecule has 0 aromatic heterocycles. The molecule has 0 saturated carbocycles. The van der Waals surface area contributed by atoms with Crippen LogP contribution in [0.15, 0.2) is 0 Å². The summed E-state index contributed by atoms with van der Waals surface area (Å²) < 4.78 is 23.0. The average molecular weight is 172 g/mol. The molecule has 0 rings (SSSR count). The van der Waals surface area contributed by atoms with Gasteiger partial charge >= 0.3 is 0 Å². The predicted octanol–water partition coefficient (Wildman–Crippen LogP) is 1.86. The van der Waals surface area contributed by atoms with E-state index in [1.54, 1.807) is 0 Å². The highest BCUT2D eigenvalue weighted by molar-refractivity contribution is 6.20. The number of nitrogens with one attached hydrogen (secondary N) is 1. The third kappa shape index (κ3) is 6.23. The van der Waals surface area contributed by atoms with Gasteiger partial charge in [0, 0.05) is 11.9 Å². The zero-order valence-corrected chi connectivity index (χ0v) is 6.67. The Hall–Kier alpha value is 0.110. The van der Waals surface area contributed by atoms with E-state index >= 15 is 0 Å². The molecule has 0 saturated heterocycles. The summed E-state index contributed by atoms with van der Waals surface area (Å²) in [4.78, 5) is 0. The largest absolute Gasteiger partial charge is 0.310 e. The molecule has 1 nitrogen and oxygen atoms in total. The van der Waals surface area contributed by atoms with Gasteiger partial charge in [0.1, 0.15) is 0 Å². The van der Waals surface area contributed by atoms with Crippen LogP contribution in [0.5, 0.6) is 0 Å². The Morgan fingerprint density at radius 2 is 2.00 bits per heavy atom. The summed E-state index contributed by atoms with van der Waals surface area (Å²) in [5.74, 6) is 0. The van der Waals surface area contributed by atoms with Crippen LogP contribution < -0.4 is 5.32 Å². The molecule has 1 atom stereocenters. The second-order valence-electron chi connectivity index (χ2n) is 2.05. The van der Waals surface area contributed by atoms with Crippen LogP contribution in [-0.2, 0) is 0 Å². The highest BCUT2D eigenvalue weighted by atomic mass is 35.5. The van der Waals surface area contributed by atoms with Gasteiger partial charge in [-0.25, -0.2) is 8.78 Å². The Labute approximate surface area is 64.7 Å². The lowest BCUT2D eigenvalue weighted by Gasteiger charge is -2.06. The van der Waals surface area contributed by atoms with Gasteiger partial charge in [-0.05, 0) is 6.42 Å². The lowest BCUT2D eigenvalue weighted by Crippen LogP contribution is -2.27. The van der Waals surface area contributed by atoms with Gasteiger partial charge in [-0.3, -0.25) is 0 Å². The Kier molecular flexibility index (Phi) is 5.93. The fourth-order valence-electron chi connectivity index (χ4n) is 0.493. The number of alkyl halides is 3. The van der Waals surface area contributed by atoms with E-state index in [2.05, 4.69) is 5.32 Å². The molecule has 0 bridgehead atoms. The van der Waals surface area contributed by atoms with Crippen LogP contribution in [0.1, 0.15) is 13.3 Å². The van der Waals surface area contributed by atoms with Crippen LogP contribution >= 0.6 is 11.6 Å². The quantitative estimate of drug-likeness (QED) is 0.623. The third-order valence-electron chi connectivity index (χ3n) is 1.11. The van der Waals surface area contributed by atoms with Crippen LogP contribution in [-0.4, -0.2) is 24.9 Å². The maximum Gasteiger partial charge on any atom is 0.250 e. The zero-order valence-electron chi connectivity index (χ0n) is 5.91.